The molecule has 76 valence electrons. The van der Waals surface area contributed by atoms with Gasteiger partial charge in [-0.25, -0.2) is 0 Å². The average molecular weight is 214 g/mol. The molecule has 6 heteroatoms. The van der Waals surface area contributed by atoms with Gasteiger partial charge in [0.15, 0.2) is 0 Å². The first-order valence-corrected chi connectivity index (χ1v) is 4.64. The van der Waals surface area contributed by atoms with E-state index < -0.39 is 4.92 Å². The van der Waals surface area contributed by atoms with Crippen LogP contribution >= 0.6 is 12.6 Å². The minimum absolute atomic E-state index is 0.189. The number of pyridine rings is 1. The van der Waals surface area contributed by atoms with Crippen molar-refractivity contribution >= 4 is 18.4 Å². The molecule has 1 aromatic heterocycles. The van der Waals surface area contributed by atoms with Crippen molar-refractivity contribution in [2.45, 2.75) is 6.92 Å². The van der Waals surface area contributed by atoms with E-state index in [4.69, 9.17) is 4.74 Å². The second-order valence-corrected chi connectivity index (χ2v) is 3.05. The van der Waals surface area contributed by atoms with Crippen LogP contribution in [-0.2, 0) is 0 Å². The Bertz CT molecular complexity index is 343. The number of rotatable bonds is 4. The fourth-order valence-electron chi connectivity index (χ4n) is 0.929. The summed E-state index contributed by atoms with van der Waals surface area (Å²) in [6, 6.07) is 3.21. The van der Waals surface area contributed by atoms with Gasteiger partial charge in [-0.1, -0.05) is 0 Å². The molecule has 5 nitrogen and oxygen atoms in total. The lowest BCUT2D eigenvalue weighted by atomic mass is 10.3. The van der Waals surface area contributed by atoms with Crippen LogP contribution in [0.1, 0.15) is 5.69 Å². The van der Waals surface area contributed by atoms with E-state index in [9.17, 15) is 10.1 Å². The highest BCUT2D eigenvalue weighted by Crippen LogP contribution is 2.24. The number of hydrogen-bond acceptors (Lipinski definition) is 5. The van der Waals surface area contributed by atoms with Crippen molar-refractivity contribution in [2.24, 2.45) is 0 Å². The van der Waals surface area contributed by atoms with Crippen LogP contribution in [0.2, 0.25) is 0 Å². The lowest BCUT2D eigenvalue weighted by Gasteiger charge is -2.03. The summed E-state index contributed by atoms with van der Waals surface area (Å²) in [6.45, 7) is 2.02. The standard InChI is InChI=1S/C8H10N2O3S/c1-6-2-3-7(13-4-5-14)8(9-6)10(11)12/h2-3,14H,4-5H2,1H3. The first-order valence-electron chi connectivity index (χ1n) is 4.01. The number of nitrogens with zero attached hydrogens (tertiary/aromatic N) is 2. The second kappa shape index (κ2) is 4.80. The topological polar surface area (TPSA) is 65.3 Å². The zero-order chi connectivity index (χ0) is 10.6. The Kier molecular flexibility index (Phi) is 3.70. The monoisotopic (exact) mass is 214 g/mol. The van der Waals surface area contributed by atoms with E-state index in [-0.39, 0.29) is 11.6 Å². The van der Waals surface area contributed by atoms with Crippen molar-refractivity contribution < 1.29 is 9.66 Å². The molecule has 14 heavy (non-hydrogen) atoms. The quantitative estimate of drug-likeness (QED) is 0.469. The van der Waals surface area contributed by atoms with Gasteiger partial charge in [0.25, 0.3) is 0 Å². The molecule has 0 atom stereocenters. The molecule has 0 aromatic carbocycles. The van der Waals surface area contributed by atoms with Crippen molar-refractivity contribution in [3.8, 4) is 5.75 Å². The molecule has 1 rings (SSSR count). The summed E-state index contributed by atoms with van der Waals surface area (Å²) in [7, 11) is 0. The zero-order valence-corrected chi connectivity index (χ0v) is 8.53. The molecular formula is C8H10N2O3S. The van der Waals surface area contributed by atoms with E-state index in [1.54, 1.807) is 19.1 Å². The van der Waals surface area contributed by atoms with E-state index in [0.29, 0.717) is 18.1 Å². The highest BCUT2D eigenvalue weighted by molar-refractivity contribution is 7.80. The maximum atomic E-state index is 10.6. The normalized spacial score (nSPS) is 9.86. The minimum Gasteiger partial charge on any atom is -0.485 e. The number of ether oxygens (including phenoxy) is 1. The van der Waals surface area contributed by atoms with Crippen LogP contribution in [0.5, 0.6) is 5.75 Å². The van der Waals surface area contributed by atoms with E-state index in [2.05, 4.69) is 17.6 Å². The minimum atomic E-state index is -0.555. The van der Waals surface area contributed by atoms with Crippen LogP contribution in [0.15, 0.2) is 12.1 Å². The van der Waals surface area contributed by atoms with Gasteiger partial charge in [0.05, 0.1) is 6.61 Å². The van der Waals surface area contributed by atoms with Crippen molar-refractivity contribution in [1.29, 1.82) is 0 Å². The van der Waals surface area contributed by atoms with E-state index >= 15 is 0 Å². The van der Waals surface area contributed by atoms with Gasteiger partial charge < -0.3 is 14.9 Å². The third-order valence-corrected chi connectivity index (χ3v) is 1.68. The third kappa shape index (κ3) is 2.59. The molecule has 1 aromatic rings. The summed E-state index contributed by atoms with van der Waals surface area (Å²) >= 11 is 3.94. The summed E-state index contributed by atoms with van der Waals surface area (Å²) in [5.41, 5.74) is 0.593. The Balaban J connectivity index is 2.96. The Labute approximate surface area is 86.7 Å². The first kappa shape index (κ1) is 10.8. The van der Waals surface area contributed by atoms with Gasteiger partial charge in [0.2, 0.25) is 5.75 Å². The molecule has 0 aliphatic heterocycles. The molecule has 0 saturated carbocycles. The lowest BCUT2D eigenvalue weighted by molar-refractivity contribution is -0.390. The number of aromatic nitrogens is 1. The molecule has 0 N–H and O–H groups in total. The summed E-state index contributed by atoms with van der Waals surface area (Å²) < 4.78 is 5.12. The van der Waals surface area contributed by atoms with Crippen LogP contribution in [0.4, 0.5) is 5.82 Å². The molecule has 1 heterocycles. The molecule has 0 aliphatic rings. The lowest BCUT2D eigenvalue weighted by Crippen LogP contribution is -2.03. The summed E-state index contributed by atoms with van der Waals surface area (Å²) in [5, 5.41) is 10.6. The van der Waals surface area contributed by atoms with Crippen LogP contribution in [0.25, 0.3) is 0 Å². The molecular weight excluding hydrogens is 204 g/mol. The Morgan fingerprint density at radius 2 is 2.36 bits per heavy atom. The third-order valence-electron chi connectivity index (χ3n) is 1.50. The van der Waals surface area contributed by atoms with Gasteiger partial charge in [-0.05, 0) is 22.0 Å². The number of nitro groups is 1. The van der Waals surface area contributed by atoms with Crippen LogP contribution in [-0.4, -0.2) is 22.3 Å². The van der Waals surface area contributed by atoms with Gasteiger partial charge in [-0.2, -0.15) is 12.6 Å². The highest BCUT2D eigenvalue weighted by atomic mass is 32.1. The molecule has 0 aliphatic carbocycles. The highest BCUT2D eigenvalue weighted by Gasteiger charge is 2.16. The van der Waals surface area contributed by atoms with E-state index in [1.807, 2.05) is 0 Å². The number of hydrogen-bond donors (Lipinski definition) is 1. The summed E-state index contributed by atoms with van der Waals surface area (Å²) in [4.78, 5) is 13.8. The Morgan fingerprint density at radius 3 is 2.93 bits per heavy atom. The predicted octanol–water partition coefficient (Wildman–Crippen LogP) is 1.61. The number of thiol groups is 1. The summed E-state index contributed by atoms with van der Waals surface area (Å²) in [6.07, 6.45) is 0. The first-order chi connectivity index (χ1) is 6.65. The summed E-state index contributed by atoms with van der Waals surface area (Å²) in [5.74, 6) is 0.451. The Hall–Kier alpha value is -1.30. The van der Waals surface area contributed by atoms with Gasteiger partial charge in [0.1, 0.15) is 5.69 Å². The maximum Gasteiger partial charge on any atom is 0.406 e. The van der Waals surface area contributed by atoms with Crippen LogP contribution < -0.4 is 4.74 Å². The molecule has 0 bridgehead atoms. The van der Waals surface area contributed by atoms with Gasteiger partial charge in [-0.15, -0.1) is 0 Å². The fourth-order valence-corrected chi connectivity index (χ4v) is 1.02. The van der Waals surface area contributed by atoms with Crippen LogP contribution in [0.3, 0.4) is 0 Å². The van der Waals surface area contributed by atoms with Crippen molar-refractivity contribution in [3.63, 3.8) is 0 Å². The van der Waals surface area contributed by atoms with Crippen molar-refractivity contribution in [3.05, 3.63) is 27.9 Å². The molecule has 0 saturated heterocycles. The van der Waals surface area contributed by atoms with Gasteiger partial charge >= 0.3 is 5.82 Å². The molecule has 0 amide bonds. The van der Waals surface area contributed by atoms with Gasteiger partial charge in [-0.3, -0.25) is 0 Å². The van der Waals surface area contributed by atoms with E-state index in [0.717, 1.165) is 0 Å². The average Bonchev–Trinajstić information content (AvgIpc) is 2.15. The van der Waals surface area contributed by atoms with Crippen molar-refractivity contribution in [1.82, 2.24) is 4.98 Å². The fraction of sp³-hybridized carbons (Fsp3) is 0.375. The largest absolute Gasteiger partial charge is 0.485 e. The van der Waals surface area contributed by atoms with Crippen LogP contribution in [0, 0.1) is 17.0 Å². The van der Waals surface area contributed by atoms with E-state index in [1.165, 1.54) is 0 Å². The zero-order valence-electron chi connectivity index (χ0n) is 7.64. The SMILES string of the molecule is Cc1ccc(OCCS)c([N+](=O)[O-])n1. The predicted molar refractivity (Wildman–Crippen MR) is 55.0 cm³/mol. The smallest absolute Gasteiger partial charge is 0.406 e. The molecule has 0 spiro atoms. The maximum absolute atomic E-state index is 10.6. The second-order valence-electron chi connectivity index (χ2n) is 2.60. The molecule has 0 fully saturated rings. The number of aryl methyl sites for hydroxylation is 1. The van der Waals surface area contributed by atoms with Crippen molar-refractivity contribution in [2.75, 3.05) is 12.4 Å². The molecule has 0 radical (unpaired) electrons. The Morgan fingerprint density at radius 1 is 1.64 bits per heavy atom. The van der Waals surface area contributed by atoms with Gasteiger partial charge in [0, 0.05) is 12.7 Å². The molecule has 0 unspecified atom stereocenters.